The summed E-state index contributed by atoms with van der Waals surface area (Å²) in [4.78, 5) is 53.5. The monoisotopic (exact) mass is 649 g/mol. The molecule has 10 heteroatoms. The summed E-state index contributed by atoms with van der Waals surface area (Å²) in [6.45, 7) is 13.5. The zero-order chi connectivity index (χ0) is 33.8. The van der Waals surface area contributed by atoms with E-state index in [4.69, 9.17) is 28.9 Å². The Labute approximate surface area is 278 Å². The van der Waals surface area contributed by atoms with Crippen molar-refractivity contribution in [3.05, 3.63) is 23.9 Å². The van der Waals surface area contributed by atoms with Crippen LogP contribution < -0.4 is 9.47 Å². The number of ether oxygens (including phenoxy) is 4. The SMILES string of the molecule is CC[C@@H]1[C@@H]2CN(C(=O)[C@H](C(C)(C)C)CC(=O)O[C@@H]3C[C@H]3CCCC3CC3c3nc4ccc(OC)cc4nc3O2)[C@@H]1C(=O)OC(C)(C)C. The summed E-state index contributed by atoms with van der Waals surface area (Å²) in [5.74, 6) is 0.0668. The Morgan fingerprint density at radius 3 is 2.40 bits per heavy atom. The number of amides is 1. The summed E-state index contributed by atoms with van der Waals surface area (Å²) in [5, 5.41) is 0. The molecular formula is C37H51N3O7. The van der Waals surface area contributed by atoms with E-state index >= 15 is 0 Å². The summed E-state index contributed by atoms with van der Waals surface area (Å²) in [7, 11) is 1.62. The maximum Gasteiger partial charge on any atom is 0.329 e. The summed E-state index contributed by atoms with van der Waals surface area (Å²) in [5.41, 5.74) is 0.971. The van der Waals surface area contributed by atoms with Crippen LogP contribution in [-0.4, -0.2) is 70.2 Å². The number of carbonyl (C=O) groups excluding carboxylic acids is 3. The minimum absolute atomic E-state index is 0.0444. The molecule has 0 radical (unpaired) electrons. The summed E-state index contributed by atoms with van der Waals surface area (Å²) in [6, 6.07) is 4.79. The summed E-state index contributed by atoms with van der Waals surface area (Å²) < 4.78 is 24.1. The van der Waals surface area contributed by atoms with Crippen LogP contribution in [0.2, 0.25) is 0 Å². The van der Waals surface area contributed by atoms with Crippen molar-refractivity contribution in [1.29, 1.82) is 0 Å². The van der Waals surface area contributed by atoms with Crippen LogP contribution in [0, 0.1) is 29.1 Å². The fraction of sp³-hybridized carbons (Fsp3) is 0.703. The molecule has 2 unspecified atom stereocenters. The third-order valence-electron chi connectivity index (χ3n) is 10.4. The molecule has 1 aromatic heterocycles. The average Bonchev–Trinajstić information content (AvgIpc) is 3.89. The predicted octanol–water partition coefficient (Wildman–Crippen LogP) is 6.24. The van der Waals surface area contributed by atoms with Gasteiger partial charge in [-0.05, 0) is 82.3 Å². The Morgan fingerprint density at radius 1 is 0.979 bits per heavy atom. The van der Waals surface area contributed by atoms with Gasteiger partial charge in [0.1, 0.15) is 35.3 Å². The number of methoxy groups -OCH3 is 1. The van der Waals surface area contributed by atoms with Crippen LogP contribution in [0.25, 0.3) is 11.0 Å². The van der Waals surface area contributed by atoms with Crippen molar-refractivity contribution in [3.63, 3.8) is 0 Å². The van der Waals surface area contributed by atoms with Crippen molar-refractivity contribution < 1.29 is 33.3 Å². The minimum atomic E-state index is -0.877. The zero-order valence-corrected chi connectivity index (χ0v) is 29.2. The Kier molecular flexibility index (Phi) is 8.94. The number of fused-ring (bicyclic) bond motifs is 7. The van der Waals surface area contributed by atoms with E-state index in [2.05, 4.69) is 0 Å². The molecule has 4 aliphatic rings. The fourth-order valence-corrected chi connectivity index (χ4v) is 7.57. The number of aromatic nitrogens is 2. The molecule has 1 amide bonds. The smallest absolute Gasteiger partial charge is 0.329 e. The Morgan fingerprint density at radius 2 is 1.72 bits per heavy atom. The third-order valence-corrected chi connectivity index (χ3v) is 10.4. The van der Waals surface area contributed by atoms with Gasteiger partial charge >= 0.3 is 11.9 Å². The van der Waals surface area contributed by atoms with Gasteiger partial charge in [0.2, 0.25) is 11.8 Å². The first-order valence-electron chi connectivity index (χ1n) is 17.4. The number of esters is 2. The number of hydrogen-bond acceptors (Lipinski definition) is 9. The van der Waals surface area contributed by atoms with Crippen molar-refractivity contribution in [2.45, 2.75) is 123 Å². The van der Waals surface area contributed by atoms with Gasteiger partial charge in [0.15, 0.2) is 0 Å². The largest absolute Gasteiger partial charge is 0.497 e. The van der Waals surface area contributed by atoms with E-state index in [0.717, 1.165) is 43.3 Å². The molecule has 0 N–H and O–H groups in total. The highest BCUT2D eigenvalue weighted by Crippen LogP contribution is 2.53. The molecular weight excluding hydrogens is 598 g/mol. The van der Waals surface area contributed by atoms with Crippen LogP contribution in [0.15, 0.2) is 18.2 Å². The molecule has 0 spiro atoms. The number of rotatable bonds is 3. The highest BCUT2D eigenvalue weighted by molar-refractivity contribution is 5.90. The van der Waals surface area contributed by atoms with Crippen LogP contribution in [0.3, 0.4) is 0 Å². The second kappa shape index (κ2) is 12.5. The van der Waals surface area contributed by atoms with E-state index in [9.17, 15) is 14.4 Å². The number of nitrogens with zero attached hydrogens (tertiary/aromatic N) is 3. The first kappa shape index (κ1) is 33.5. The second-order valence-electron chi connectivity index (χ2n) is 16.1. The molecule has 2 aliphatic carbocycles. The van der Waals surface area contributed by atoms with Gasteiger partial charge in [0, 0.05) is 17.9 Å². The second-order valence-corrected chi connectivity index (χ2v) is 16.1. The average molecular weight is 650 g/mol. The predicted molar refractivity (Wildman–Crippen MR) is 176 cm³/mol. The number of hydrogen-bond donors (Lipinski definition) is 0. The number of benzene rings is 1. The molecule has 1 saturated heterocycles. The standard InChI is InChI=1S/C37H51N3O7/c1-9-23-29-19-40(32(23)35(43)47-37(5,6)7)34(42)25(36(2,3)4)18-30(41)45-28-16-21(28)12-10-11-20-15-24(20)31-33(46-29)39-27-17-22(44-8)13-14-26(27)38-31/h13-14,17,20-21,23-25,28-29,32H,9-12,15-16,18-19H2,1-8H3/t20?,21-,23-,24?,25-,28-,29+,32+/m1/s1. The first-order chi connectivity index (χ1) is 22.2. The molecule has 2 bridgehead atoms. The number of carbonyl (C=O) groups is 3. The van der Waals surface area contributed by atoms with Gasteiger partial charge in [-0.3, -0.25) is 9.59 Å². The Hall–Kier alpha value is -3.43. The molecule has 2 aromatic rings. The maximum atomic E-state index is 14.6. The van der Waals surface area contributed by atoms with Gasteiger partial charge in [-0.2, -0.15) is 0 Å². The van der Waals surface area contributed by atoms with Gasteiger partial charge in [0.05, 0.1) is 37.0 Å². The quantitative estimate of drug-likeness (QED) is 0.357. The van der Waals surface area contributed by atoms with E-state index in [1.54, 1.807) is 12.0 Å². The van der Waals surface area contributed by atoms with Gasteiger partial charge in [0.25, 0.3) is 0 Å². The van der Waals surface area contributed by atoms with Gasteiger partial charge in [-0.25, -0.2) is 14.8 Å². The van der Waals surface area contributed by atoms with Gasteiger partial charge < -0.3 is 23.8 Å². The molecule has 2 saturated carbocycles. The maximum absolute atomic E-state index is 14.6. The fourth-order valence-electron chi connectivity index (χ4n) is 7.57. The zero-order valence-electron chi connectivity index (χ0n) is 29.2. The molecule has 10 nitrogen and oxygen atoms in total. The van der Waals surface area contributed by atoms with Crippen molar-refractivity contribution in [2.24, 2.45) is 29.1 Å². The topological polar surface area (TPSA) is 117 Å². The third kappa shape index (κ3) is 7.21. The van der Waals surface area contributed by atoms with E-state index in [-0.39, 0.29) is 42.8 Å². The van der Waals surface area contributed by atoms with Crippen LogP contribution in [-0.2, 0) is 23.9 Å². The van der Waals surface area contributed by atoms with E-state index in [1.807, 2.05) is 66.7 Å². The lowest BCUT2D eigenvalue weighted by molar-refractivity contribution is -0.167. The molecule has 47 heavy (non-hydrogen) atoms. The van der Waals surface area contributed by atoms with Crippen molar-refractivity contribution >= 4 is 28.9 Å². The van der Waals surface area contributed by atoms with Crippen molar-refractivity contribution in [1.82, 2.24) is 14.9 Å². The van der Waals surface area contributed by atoms with Crippen molar-refractivity contribution in [3.8, 4) is 11.6 Å². The van der Waals surface area contributed by atoms with Crippen LogP contribution in [0.5, 0.6) is 11.6 Å². The molecule has 6 rings (SSSR count). The summed E-state index contributed by atoms with van der Waals surface area (Å²) in [6.07, 6.45) is 4.94. The summed E-state index contributed by atoms with van der Waals surface area (Å²) >= 11 is 0. The van der Waals surface area contributed by atoms with Crippen LogP contribution >= 0.6 is 0 Å². The Bertz CT molecular complexity index is 1530. The molecule has 8 atom stereocenters. The molecule has 1 aromatic carbocycles. The van der Waals surface area contributed by atoms with Crippen LogP contribution in [0.4, 0.5) is 0 Å². The van der Waals surface area contributed by atoms with Gasteiger partial charge in [-0.1, -0.05) is 34.1 Å². The highest BCUT2D eigenvalue weighted by Gasteiger charge is 2.53. The molecule has 2 aliphatic heterocycles. The lowest BCUT2D eigenvalue weighted by Gasteiger charge is -2.35. The van der Waals surface area contributed by atoms with E-state index in [1.165, 1.54) is 0 Å². The molecule has 256 valence electrons. The molecule has 3 fully saturated rings. The van der Waals surface area contributed by atoms with Crippen molar-refractivity contribution in [2.75, 3.05) is 13.7 Å². The lowest BCUT2D eigenvalue weighted by Crippen LogP contribution is -2.50. The van der Waals surface area contributed by atoms with Crippen LogP contribution in [0.1, 0.15) is 105 Å². The van der Waals surface area contributed by atoms with Gasteiger partial charge in [-0.15, -0.1) is 0 Å². The lowest BCUT2D eigenvalue weighted by atomic mass is 9.77. The van der Waals surface area contributed by atoms with E-state index in [0.29, 0.717) is 35.4 Å². The molecule has 3 heterocycles. The highest BCUT2D eigenvalue weighted by atomic mass is 16.6. The Balaban J connectivity index is 1.42. The first-order valence-corrected chi connectivity index (χ1v) is 17.4. The minimum Gasteiger partial charge on any atom is -0.497 e. The normalized spacial score (nSPS) is 31.4. The van der Waals surface area contributed by atoms with E-state index < -0.39 is 35.0 Å².